The third kappa shape index (κ3) is 3.82. The zero-order valence-corrected chi connectivity index (χ0v) is 15.6. The summed E-state index contributed by atoms with van der Waals surface area (Å²) >= 11 is 0. The van der Waals surface area contributed by atoms with Gasteiger partial charge in [0.25, 0.3) is 0 Å². The van der Waals surface area contributed by atoms with E-state index in [9.17, 15) is 4.79 Å². The number of amides is 1. The van der Waals surface area contributed by atoms with Gasteiger partial charge in [-0.2, -0.15) is 5.10 Å². The van der Waals surface area contributed by atoms with E-state index in [2.05, 4.69) is 27.5 Å². The van der Waals surface area contributed by atoms with Crippen LogP contribution in [-0.4, -0.2) is 20.7 Å². The highest BCUT2D eigenvalue weighted by atomic mass is 16.2. The smallest absolute Gasteiger partial charge is 0.245 e. The second-order valence-electron chi connectivity index (χ2n) is 6.64. The molecule has 5 nitrogen and oxygen atoms in total. The van der Waals surface area contributed by atoms with Crippen molar-refractivity contribution in [3.63, 3.8) is 0 Å². The lowest BCUT2D eigenvalue weighted by molar-refractivity contribution is -0.124. The third-order valence-electron chi connectivity index (χ3n) is 4.56. The van der Waals surface area contributed by atoms with Gasteiger partial charge in [0.2, 0.25) is 5.91 Å². The van der Waals surface area contributed by atoms with Crippen LogP contribution in [0.3, 0.4) is 0 Å². The molecule has 1 aromatic carbocycles. The van der Waals surface area contributed by atoms with Crippen molar-refractivity contribution in [2.75, 3.05) is 0 Å². The van der Waals surface area contributed by atoms with E-state index in [4.69, 9.17) is 0 Å². The van der Waals surface area contributed by atoms with E-state index < -0.39 is 0 Å². The van der Waals surface area contributed by atoms with Gasteiger partial charge >= 0.3 is 0 Å². The molecule has 0 aliphatic heterocycles. The first-order valence-corrected chi connectivity index (χ1v) is 8.79. The Hall–Kier alpha value is -2.95. The van der Waals surface area contributed by atoms with Crippen LogP contribution in [0.1, 0.15) is 42.9 Å². The molecule has 0 fully saturated rings. The minimum atomic E-state index is -0.346. The molecule has 0 bridgehead atoms. The average molecular weight is 348 g/mol. The Bertz CT molecular complexity index is 884. The first kappa shape index (κ1) is 17.9. The molecule has 3 aromatic rings. The Morgan fingerprint density at radius 2 is 1.81 bits per heavy atom. The highest BCUT2D eigenvalue weighted by molar-refractivity contribution is 5.80. The second kappa shape index (κ2) is 7.52. The van der Waals surface area contributed by atoms with Crippen molar-refractivity contribution in [1.82, 2.24) is 20.1 Å². The van der Waals surface area contributed by atoms with Crippen LogP contribution >= 0.6 is 0 Å². The van der Waals surface area contributed by atoms with Gasteiger partial charge in [0.05, 0.1) is 11.7 Å². The number of hydrogen-bond acceptors (Lipinski definition) is 3. The van der Waals surface area contributed by atoms with Gasteiger partial charge in [-0.25, -0.2) is 0 Å². The predicted octanol–water partition coefficient (Wildman–Crippen LogP) is 4.00. The number of aryl methyl sites for hydroxylation is 2. The molecule has 3 rings (SSSR count). The van der Waals surface area contributed by atoms with Crippen molar-refractivity contribution in [2.45, 2.75) is 39.8 Å². The first-order chi connectivity index (χ1) is 12.5. The van der Waals surface area contributed by atoms with Crippen molar-refractivity contribution in [1.29, 1.82) is 0 Å². The van der Waals surface area contributed by atoms with Crippen LogP contribution in [0.2, 0.25) is 0 Å². The van der Waals surface area contributed by atoms with Gasteiger partial charge in [-0.15, -0.1) is 0 Å². The molecule has 1 amide bonds. The summed E-state index contributed by atoms with van der Waals surface area (Å²) in [5.41, 5.74) is 5.15. The minimum absolute atomic E-state index is 0.0416. The summed E-state index contributed by atoms with van der Waals surface area (Å²) in [6.07, 6.45) is 3.61. The maximum Gasteiger partial charge on any atom is 0.245 e. The fraction of sp³-hybridized carbons (Fsp3) is 0.286. The lowest BCUT2D eigenvalue weighted by Crippen LogP contribution is -2.33. The van der Waals surface area contributed by atoms with E-state index in [1.807, 2.05) is 64.2 Å². The van der Waals surface area contributed by atoms with Crippen molar-refractivity contribution >= 4 is 5.91 Å². The number of nitrogens with one attached hydrogen (secondary N) is 1. The van der Waals surface area contributed by atoms with E-state index in [0.29, 0.717) is 0 Å². The second-order valence-corrected chi connectivity index (χ2v) is 6.64. The molecule has 2 atom stereocenters. The summed E-state index contributed by atoms with van der Waals surface area (Å²) in [5.74, 6) is -0.0416. The van der Waals surface area contributed by atoms with Crippen LogP contribution in [0.4, 0.5) is 0 Å². The van der Waals surface area contributed by atoms with Crippen LogP contribution in [0.5, 0.6) is 0 Å². The molecule has 5 heteroatoms. The van der Waals surface area contributed by atoms with Crippen LogP contribution in [-0.2, 0) is 4.79 Å². The van der Waals surface area contributed by atoms with Crippen LogP contribution in [0.15, 0.2) is 54.9 Å². The quantitative estimate of drug-likeness (QED) is 0.758. The number of carbonyl (C=O) groups excluding carboxylic acids is 1. The molecule has 26 heavy (non-hydrogen) atoms. The van der Waals surface area contributed by atoms with Crippen molar-refractivity contribution in [3.8, 4) is 11.1 Å². The Labute approximate surface area is 154 Å². The van der Waals surface area contributed by atoms with Gasteiger partial charge in [0, 0.05) is 18.1 Å². The monoisotopic (exact) mass is 348 g/mol. The molecule has 0 spiro atoms. The molecule has 0 aliphatic carbocycles. The molecular weight excluding hydrogens is 324 g/mol. The fourth-order valence-corrected chi connectivity index (χ4v) is 3.06. The predicted molar refractivity (Wildman–Crippen MR) is 103 cm³/mol. The molecular formula is C21H24N4O. The number of aromatic nitrogens is 3. The van der Waals surface area contributed by atoms with Crippen molar-refractivity contribution in [3.05, 3.63) is 71.8 Å². The number of pyridine rings is 1. The molecule has 0 unspecified atom stereocenters. The summed E-state index contributed by atoms with van der Waals surface area (Å²) < 4.78 is 1.77. The molecule has 1 N–H and O–H groups in total. The molecule has 2 aromatic heterocycles. The largest absolute Gasteiger partial charge is 0.348 e. The Morgan fingerprint density at radius 1 is 1.08 bits per heavy atom. The van der Waals surface area contributed by atoms with Crippen LogP contribution in [0, 0.1) is 13.8 Å². The molecule has 0 radical (unpaired) electrons. The molecule has 134 valence electrons. The maximum atomic E-state index is 12.6. The molecule has 2 heterocycles. The minimum Gasteiger partial charge on any atom is -0.348 e. The molecule has 0 saturated heterocycles. The van der Waals surface area contributed by atoms with E-state index in [-0.39, 0.29) is 18.0 Å². The van der Waals surface area contributed by atoms with Crippen molar-refractivity contribution in [2.24, 2.45) is 0 Å². The fourth-order valence-electron chi connectivity index (χ4n) is 3.06. The topological polar surface area (TPSA) is 59.8 Å². The van der Waals surface area contributed by atoms with Gasteiger partial charge in [-0.3, -0.25) is 14.5 Å². The van der Waals surface area contributed by atoms with Crippen LogP contribution < -0.4 is 5.32 Å². The van der Waals surface area contributed by atoms with E-state index in [1.54, 1.807) is 10.9 Å². The Balaban J connectivity index is 1.68. The van der Waals surface area contributed by atoms with Gasteiger partial charge in [0.1, 0.15) is 6.04 Å². The summed E-state index contributed by atoms with van der Waals surface area (Å²) in [5, 5.41) is 7.48. The normalized spacial score (nSPS) is 13.2. The SMILES string of the molecule is Cc1cc(C)n([C@@H](C)C(=O)N[C@H](C)c2ccc(-c3cccnc3)cc2)n1. The Kier molecular flexibility index (Phi) is 5.16. The highest BCUT2D eigenvalue weighted by Gasteiger charge is 2.20. The molecule has 0 aliphatic rings. The molecule has 0 saturated carbocycles. The lowest BCUT2D eigenvalue weighted by Gasteiger charge is -2.19. The van der Waals surface area contributed by atoms with Crippen molar-refractivity contribution < 1.29 is 4.79 Å². The maximum absolute atomic E-state index is 12.6. The van der Waals surface area contributed by atoms with Gasteiger partial charge in [-0.1, -0.05) is 30.3 Å². The summed E-state index contributed by atoms with van der Waals surface area (Å²) in [7, 11) is 0. The zero-order chi connectivity index (χ0) is 18.7. The van der Waals surface area contributed by atoms with Gasteiger partial charge in [0.15, 0.2) is 0 Å². The average Bonchev–Trinajstić information content (AvgIpc) is 3.00. The van der Waals surface area contributed by atoms with E-state index in [1.165, 1.54) is 0 Å². The van der Waals surface area contributed by atoms with E-state index >= 15 is 0 Å². The summed E-state index contributed by atoms with van der Waals surface area (Å²) in [4.78, 5) is 16.7. The number of nitrogens with zero attached hydrogens (tertiary/aromatic N) is 3. The van der Waals surface area contributed by atoms with Gasteiger partial charge < -0.3 is 5.32 Å². The third-order valence-corrected chi connectivity index (χ3v) is 4.56. The van der Waals surface area contributed by atoms with Crippen LogP contribution in [0.25, 0.3) is 11.1 Å². The summed E-state index contributed by atoms with van der Waals surface area (Å²) in [6.45, 7) is 7.75. The van der Waals surface area contributed by atoms with Gasteiger partial charge in [-0.05, 0) is 56.5 Å². The number of rotatable bonds is 5. The number of carbonyl (C=O) groups is 1. The first-order valence-electron chi connectivity index (χ1n) is 8.79. The highest BCUT2D eigenvalue weighted by Crippen LogP contribution is 2.21. The lowest BCUT2D eigenvalue weighted by atomic mass is 10.0. The zero-order valence-electron chi connectivity index (χ0n) is 15.6. The number of hydrogen-bond donors (Lipinski definition) is 1. The summed E-state index contributed by atoms with van der Waals surface area (Å²) in [6, 6.07) is 13.7. The Morgan fingerprint density at radius 3 is 2.38 bits per heavy atom. The standard InChI is InChI=1S/C21H24N4O/c1-14-12-15(2)25(24-14)17(4)21(26)23-16(3)18-7-9-19(10-8-18)20-6-5-11-22-13-20/h5-13,16-17H,1-4H3,(H,23,26)/t16-,17+/m1/s1. The number of benzene rings is 1. The van der Waals surface area contributed by atoms with E-state index in [0.717, 1.165) is 28.1 Å².